The van der Waals surface area contributed by atoms with Crippen molar-refractivity contribution in [2.45, 2.75) is 25.3 Å². The Kier molecular flexibility index (Phi) is 1.77. The van der Waals surface area contributed by atoms with Gasteiger partial charge in [0, 0.05) is 11.7 Å². The van der Waals surface area contributed by atoms with Crippen molar-refractivity contribution in [2.75, 3.05) is 5.73 Å². The fourth-order valence-electron chi connectivity index (χ4n) is 1.80. The maximum atomic E-state index is 5.86. The van der Waals surface area contributed by atoms with Crippen molar-refractivity contribution in [1.29, 1.82) is 0 Å². The second-order valence-corrected chi connectivity index (χ2v) is 3.53. The number of nitrogens with two attached hydrogens (primary N) is 2. The van der Waals surface area contributed by atoms with E-state index in [4.69, 9.17) is 11.5 Å². The summed E-state index contributed by atoms with van der Waals surface area (Å²) in [5.74, 6) is 0. The molecule has 0 bridgehead atoms. The molecule has 1 atom stereocenters. The van der Waals surface area contributed by atoms with Crippen LogP contribution < -0.4 is 11.5 Å². The summed E-state index contributed by atoms with van der Waals surface area (Å²) in [5, 5.41) is 0. The van der Waals surface area contributed by atoms with Gasteiger partial charge in [-0.2, -0.15) is 0 Å². The Hall–Kier alpha value is -1.02. The summed E-state index contributed by atoms with van der Waals surface area (Å²) in [4.78, 5) is 0. The number of aryl methyl sites for hydroxylation is 1. The Morgan fingerprint density at radius 3 is 2.92 bits per heavy atom. The van der Waals surface area contributed by atoms with Crippen LogP contribution >= 0.6 is 0 Å². The predicted molar refractivity (Wildman–Crippen MR) is 50.9 cm³/mol. The zero-order valence-corrected chi connectivity index (χ0v) is 7.09. The third-order valence-corrected chi connectivity index (χ3v) is 2.50. The van der Waals surface area contributed by atoms with Crippen LogP contribution in [0.3, 0.4) is 0 Å². The molecule has 1 aliphatic rings. The number of rotatable bonds is 0. The van der Waals surface area contributed by atoms with Gasteiger partial charge >= 0.3 is 0 Å². The van der Waals surface area contributed by atoms with Crippen LogP contribution in [0.15, 0.2) is 18.2 Å². The average Bonchev–Trinajstić information content (AvgIpc) is 2.05. The standard InChI is InChI=1S/C10H14N2/c11-9-3-1-7-5-10(12)4-2-8(7)6-9/h1,3,6,10H,2,4-5,11-12H2. The molecule has 2 rings (SSSR count). The molecule has 0 heterocycles. The zero-order chi connectivity index (χ0) is 8.55. The van der Waals surface area contributed by atoms with Crippen molar-refractivity contribution in [3.8, 4) is 0 Å². The van der Waals surface area contributed by atoms with Gasteiger partial charge in [-0.25, -0.2) is 0 Å². The molecule has 0 saturated carbocycles. The highest BCUT2D eigenvalue weighted by molar-refractivity contribution is 5.45. The highest BCUT2D eigenvalue weighted by Gasteiger charge is 2.14. The van der Waals surface area contributed by atoms with Crippen LogP contribution in [0.2, 0.25) is 0 Å². The lowest BCUT2D eigenvalue weighted by atomic mass is 9.88. The fourth-order valence-corrected chi connectivity index (χ4v) is 1.80. The monoisotopic (exact) mass is 162 g/mol. The lowest BCUT2D eigenvalue weighted by molar-refractivity contribution is 0.577. The van der Waals surface area contributed by atoms with Gasteiger partial charge in [-0.15, -0.1) is 0 Å². The summed E-state index contributed by atoms with van der Waals surface area (Å²) < 4.78 is 0. The van der Waals surface area contributed by atoms with E-state index >= 15 is 0 Å². The summed E-state index contributed by atoms with van der Waals surface area (Å²) >= 11 is 0. The molecule has 2 heteroatoms. The first-order chi connectivity index (χ1) is 5.75. The molecule has 0 saturated heterocycles. The smallest absolute Gasteiger partial charge is 0.0316 e. The van der Waals surface area contributed by atoms with Gasteiger partial charge in [-0.3, -0.25) is 0 Å². The Balaban J connectivity index is 2.37. The van der Waals surface area contributed by atoms with E-state index in [2.05, 4.69) is 12.1 Å². The summed E-state index contributed by atoms with van der Waals surface area (Å²) in [6.45, 7) is 0. The molecule has 4 N–H and O–H groups in total. The fraction of sp³-hybridized carbons (Fsp3) is 0.400. The van der Waals surface area contributed by atoms with Crippen LogP contribution in [0.25, 0.3) is 0 Å². The molecule has 1 unspecified atom stereocenters. The van der Waals surface area contributed by atoms with Crippen molar-refractivity contribution in [3.05, 3.63) is 29.3 Å². The van der Waals surface area contributed by atoms with E-state index in [0.29, 0.717) is 6.04 Å². The van der Waals surface area contributed by atoms with Crippen LogP contribution in [0.5, 0.6) is 0 Å². The van der Waals surface area contributed by atoms with E-state index < -0.39 is 0 Å². The first kappa shape index (κ1) is 7.62. The maximum absolute atomic E-state index is 5.86. The topological polar surface area (TPSA) is 52.0 Å². The molecule has 0 fully saturated rings. The number of nitrogen functional groups attached to an aromatic ring is 1. The molecular weight excluding hydrogens is 148 g/mol. The number of hydrogen-bond acceptors (Lipinski definition) is 2. The first-order valence-electron chi connectivity index (χ1n) is 4.38. The first-order valence-corrected chi connectivity index (χ1v) is 4.38. The van der Waals surface area contributed by atoms with Gasteiger partial charge in [0.05, 0.1) is 0 Å². The van der Waals surface area contributed by atoms with Crippen molar-refractivity contribution >= 4 is 5.69 Å². The summed E-state index contributed by atoms with van der Waals surface area (Å²) in [6, 6.07) is 6.48. The van der Waals surface area contributed by atoms with Crippen molar-refractivity contribution < 1.29 is 0 Å². The number of benzene rings is 1. The minimum absolute atomic E-state index is 0.348. The summed E-state index contributed by atoms with van der Waals surface area (Å²) in [6.07, 6.45) is 3.19. The van der Waals surface area contributed by atoms with E-state index in [9.17, 15) is 0 Å². The second-order valence-electron chi connectivity index (χ2n) is 3.53. The molecule has 1 aromatic rings. The van der Waals surface area contributed by atoms with Gasteiger partial charge in [-0.05, 0) is 42.5 Å². The van der Waals surface area contributed by atoms with Crippen molar-refractivity contribution in [3.63, 3.8) is 0 Å². The molecule has 0 aromatic heterocycles. The number of fused-ring (bicyclic) bond motifs is 1. The Morgan fingerprint density at radius 2 is 2.08 bits per heavy atom. The van der Waals surface area contributed by atoms with Gasteiger partial charge in [0.1, 0.15) is 0 Å². The van der Waals surface area contributed by atoms with Gasteiger partial charge in [0.15, 0.2) is 0 Å². The van der Waals surface area contributed by atoms with Crippen LogP contribution in [0, 0.1) is 0 Å². The van der Waals surface area contributed by atoms with E-state index in [-0.39, 0.29) is 0 Å². The third-order valence-electron chi connectivity index (χ3n) is 2.50. The molecule has 2 nitrogen and oxygen atoms in total. The molecular formula is C10H14N2. The third kappa shape index (κ3) is 1.30. The van der Waals surface area contributed by atoms with E-state index in [1.807, 2.05) is 6.07 Å². The second kappa shape index (κ2) is 2.79. The van der Waals surface area contributed by atoms with Gasteiger partial charge in [0.2, 0.25) is 0 Å². The highest BCUT2D eigenvalue weighted by Crippen LogP contribution is 2.22. The Bertz CT molecular complexity index is 294. The van der Waals surface area contributed by atoms with Crippen LogP contribution in [0.4, 0.5) is 5.69 Å². The average molecular weight is 162 g/mol. The predicted octanol–water partition coefficient (Wildman–Crippen LogP) is 1.08. The lowest BCUT2D eigenvalue weighted by Crippen LogP contribution is -2.27. The largest absolute Gasteiger partial charge is 0.399 e. The normalized spacial score (nSPS) is 21.9. The minimum Gasteiger partial charge on any atom is -0.399 e. The maximum Gasteiger partial charge on any atom is 0.0316 e. The molecule has 12 heavy (non-hydrogen) atoms. The lowest BCUT2D eigenvalue weighted by Gasteiger charge is -2.21. The molecule has 64 valence electrons. The quantitative estimate of drug-likeness (QED) is 0.561. The molecule has 0 amide bonds. The van der Waals surface area contributed by atoms with E-state index in [0.717, 1.165) is 24.9 Å². The summed E-state index contributed by atoms with van der Waals surface area (Å²) in [7, 11) is 0. The van der Waals surface area contributed by atoms with Crippen molar-refractivity contribution in [1.82, 2.24) is 0 Å². The van der Waals surface area contributed by atoms with Gasteiger partial charge < -0.3 is 11.5 Å². The summed E-state index contributed by atoms with van der Waals surface area (Å²) in [5.41, 5.74) is 15.2. The Morgan fingerprint density at radius 1 is 1.25 bits per heavy atom. The SMILES string of the molecule is Nc1ccc2c(c1)CCC(N)C2. The Labute approximate surface area is 72.6 Å². The molecule has 0 spiro atoms. The molecule has 0 radical (unpaired) electrons. The highest BCUT2D eigenvalue weighted by atomic mass is 14.6. The molecule has 1 aromatic carbocycles. The van der Waals surface area contributed by atoms with Crippen LogP contribution in [-0.2, 0) is 12.8 Å². The van der Waals surface area contributed by atoms with Crippen molar-refractivity contribution in [2.24, 2.45) is 5.73 Å². The minimum atomic E-state index is 0.348. The van der Waals surface area contributed by atoms with E-state index in [1.54, 1.807) is 0 Å². The van der Waals surface area contributed by atoms with Gasteiger partial charge in [0.25, 0.3) is 0 Å². The van der Waals surface area contributed by atoms with E-state index in [1.165, 1.54) is 11.1 Å². The number of anilines is 1. The zero-order valence-electron chi connectivity index (χ0n) is 7.09. The molecule has 1 aliphatic carbocycles. The van der Waals surface area contributed by atoms with Crippen LogP contribution in [0.1, 0.15) is 17.5 Å². The van der Waals surface area contributed by atoms with Gasteiger partial charge in [-0.1, -0.05) is 6.07 Å². The molecule has 0 aliphatic heterocycles. The number of hydrogen-bond donors (Lipinski definition) is 2. The van der Waals surface area contributed by atoms with Crippen LogP contribution in [-0.4, -0.2) is 6.04 Å².